The van der Waals surface area contributed by atoms with Crippen LogP contribution < -0.4 is 15.8 Å². The van der Waals surface area contributed by atoms with Gasteiger partial charge in [-0.25, -0.2) is 0 Å². The van der Waals surface area contributed by atoms with Crippen LogP contribution in [0.1, 0.15) is 46.9 Å². The van der Waals surface area contributed by atoms with Gasteiger partial charge in [-0.1, -0.05) is 24.3 Å². The van der Waals surface area contributed by atoms with Crippen LogP contribution in [0, 0.1) is 0 Å². The van der Waals surface area contributed by atoms with Crippen LogP contribution in [0.5, 0.6) is 5.75 Å². The first-order valence-electron chi connectivity index (χ1n) is 10.3. The van der Waals surface area contributed by atoms with Crippen LogP contribution in [0.2, 0.25) is 0 Å². The number of carbonyl (C=O) groups is 3. The van der Waals surface area contributed by atoms with Crippen molar-refractivity contribution in [1.82, 2.24) is 10.2 Å². The molecule has 0 aliphatic heterocycles. The van der Waals surface area contributed by atoms with E-state index >= 15 is 0 Å². The predicted molar refractivity (Wildman–Crippen MR) is 130 cm³/mol. The molecule has 0 radical (unpaired) electrons. The SMILES string of the molecule is CC(C)(C)NC(=O)C(c1ccc(OCC(N)=O)cc1)N(Cc1cccs1)C(=O)c1cccs1. The van der Waals surface area contributed by atoms with Crippen molar-refractivity contribution >= 4 is 40.4 Å². The third kappa shape index (κ3) is 6.90. The molecule has 1 unspecified atom stereocenters. The topological polar surface area (TPSA) is 102 Å². The van der Waals surface area contributed by atoms with Crippen molar-refractivity contribution in [3.05, 3.63) is 74.6 Å². The Bertz CT molecular complexity index is 1070. The number of rotatable bonds is 9. The van der Waals surface area contributed by atoms with Crippen molar-refractivity contribution in [1.29, 1.82) is 0 Å². The number of nitrogens with one attached hydrogen (secondary N) is 1. The van der Waals surface area contributed by atoms with E-state index in [2.05, 4.69) is 5.32 Å². The van der Waals surface area contributed by atoms with Crippen molar-refractivity contribution in [2.75, 3.05) is 6.61 Å². The van der Waals surface area contributed by atoms with Gasteiger partial charge in [0.15, 0.2) is 6.61 Å². The predicted octanol–water partition coefficient (Wildman–Crippen LogP) is 3.97. The van der Waals surface area contributed by atoms with Crippen LogP contribution in [-0.2, 0) is 16.1 Å². The Labute approximate surface area is 201 Å². The average Bonchev–Trinajstić information content (AvgIpc) is 3.45. The molecule has 3 N–H and O–H groups in total. The maximum Gasteiger partial charge on any atom is 0.265 e. The van der Waals surface area contributed by atoms with Gasteiger partial charge in [0.05, 0.1) is 11.4 Å². The quantitative estimate of drug-likeness (QED) is 0.479. The fourth-order valence-electron chi connectivity index (χ4n) is 3.20. The molecule has 0 fully saturated rings. The number of ether oxygens (including phenoxy) is 1. The fourth-order valence-corrected chi connectivity index (χ4v) is 4.59. The van der Waals surface area contributed by atoms with Gasteiger partial charge in [0, 0.05) is 10.4 Å². The summed E-state index contributed by atoms with van der Waals surface area (Å²) in [6, 6.07) is 13.3. The summed E-state index contributed by atoms with van der Waals surface area (Å²) >= 11 is 2.87. The summed E-state index contributed by atoms with van der Waals surface area (Å²) in [5.41, 5.74) is 5.29. The van der Waals surface area contributed by atoms with E-state index in [0.29, 0.717) is 16.2 Å². The average molecular weight is 486 g/mol. The van der Waals surface area contributed by atoms with Gasteiger partial charge in [-0.05, 0) is 61.4 Å². The zero-order chi connectivity index (χ0) is 24.0. The number of nitrogens with zero attached hydrogens (tertiary/aromatic N) is 1. The molecule has 0 aliphatic carbocycles. The molecule has 3 aromatic rings. The number of nitrogens with two attached hydrogens (primary N) is 1. The van der Waals surface area contributed by atoms with Gasteiger partial charge in [-0.15, -0.1) is 22.7 Å². The van der Waals surface area contributed by atoms with E-state index in [-0.39, 0.29) is 25.0 Å². The summed E-state index contributed by atoms with van der Waals surface area (Å²) in [5, 5.41) is 6.80. The van der Waals surface area contributed by atoms with Gasteiger partial charge in [0.25, 0.3) is 11.8 Å². The minimum atomic E-state index is -0.869. The number of primary amides is 1. The number of carbonyl (C=O) groups excluding carboxylic acids is 3. The molecular weight excluding hydrogens is 458 g/mol. The number of amides is 3. The van der Waals surface area contributed by atoms with E-state index in [9.17, 15) is 14.4 Å². The Morgan fingerprint density at radius 3 is 2.24 bits per heavy atom. The van der Waals surface area contributed by atoms with E-state index in [0.717, 1.165) is 4.88 Å². The Hall–Kier alpha value is -3.17. The van der Waals surface area contributed by atoms with Crippen molar-refractivity contribution in [2.45, 2.75) is 38.9 Å². The molecule has 0 aliphatic rings. The van der Waals surface area contributed by atoms with Crippen LogP contribution >= 0.6 is 22.7 Å². The Morgan fingerprint density at radius 1 is 1.03 bits per heavy atom. The second kappa shape index (κ2) is 10.6. The first-order chi connectivity index (χ1) is 15.6. The van der Waals surface area contributed by atoms with E-state index in [4.69, 9.17) is 10.5 Å². The lowest BCUT2D eigenvalue weighted by atomic mass is 10.0. The van der Waals surface area contributed by atoms with E-state index in [1.807, 2.05) is 49.7 Å². The number of thiophene rings is 2. The summed E-state index contributed by atoms with van der Waals surface area (Å²) < 4.78 is 5.34. The zero-order valence-electron chi connectivity index (χ0n) is 18.7. The standard InChI is InChI=1S/C24H27N3O4S2/c1-24(2,3)26-22(29)21(16-8-10-17(11-9-16)31-15-20(25)28)27(14-18-6-4-12-32-18)23(30)19-7-5-13-33-19/h4-13,21H,14-15H2,1-3H3,(H2,25,28)(H,26,29). The second-order valence-electron chi connectivity index (χ2n) is 8.46. The molecule has 3 amide bonds. The lowest BCUT2D eigenvalue weighted by Gasteiger charge is -2.33. The molecule has 1 aromatic carbocycles. The largest absolute Gasteiger partial charge is 0.484 e. The maximum absolute atomic E-state index is 13.5. The van der Waals surface area contributed by atoms with Gasteiger partial charge in [0.1, 0.15) is 11.8 Å². The lowest BCUT2D eigenvalue weighted by Crippen LogP contribution is -2.49. The van der Waals surface area contributed by atoms with Crippen LogP contribution in [0.25, 0.3) is 0 Å². The van der Waals surface area contributed by atoms with Gasteiger partial charge in [-0.3, -0.25) is 14.4 Å². The molecule has 2 aromatic heterocycles. The minimum Gasteiger partial charge on any atom is -0.484 e. The summed E-state index contributed by atoms with van der Waals surface area (Å²) in [5.74, 6) is -0.636. The van der Waals surface area contributed by atoms with E-state index in [1.165, 1.54) is 22.7 Å². The number of hydrogen-bond donors (Lipinski definition) is 2. The molecule has 1 atom stereocenters. The minimum absolute atomic E-state index is 0.221. The molecule has 2 heterocycles. The highest BCUT2D eigenvalue weighted by Crippen LogP contribution is 2.30. The fraction of sp³-hybridized carbons (Fsp3) is 0.292. The summed E-state index contributed by atoms with van der Waals surface area (Å²) in [6.07, 6.45) is 0. The summed E-state index contributed by atoms with van der Waals surface area (Å²) in [7, 11) is 0. The highest BCUT2D eigenvalue weighted by atomic mass is 32.1. The lowest BCUT2D eigenvalue weighted by molar-refractivity contribution is -0.127. The zero-order valence-corrected chi connectivity index (χ0v) is 20.4. The normalized spacial score (nSPS) is 12.1. The van der Waals surface area contributed by atoms with Crippen molar-refractivity contribution in [3.63, 3.8) is 0 Å². The Kier molecular flexibility index (Phi) is 7.88. The molecule has 0 spiro atoms. The molecular formula is C24H27N3O4S2. The van der Waals surface area contributed by atoms with Crippen molar-refractivity contribution < 1.29 is 19.1 Å². The first-order valence-corrected chi connectivity index (χ1v) is 12.1. The Balaban J connectivity index is 2.01. The molecule has 33 heavy (non-hydrogen) atoms. The van der Waals surface area contributed by atoms with E-state index < -0.39 is 17.5 Å². The van der Waals surface area contributed by atoms with E-state index in [1.54, 1.807) is 35.2 Å². The molecule has 7 nitrogen and oxygen atoms in total. The number of benzene rings is 1. The van der Waals surface area contributed by atoms with Crippen LogP contribution in [0.3, 0.4) is 0 Å². The number of hydrogen-bond acceptors (Lipinski definition) is 6. The van der Waals surface area contributed by atoms with Gasteiger partial charge >= 0.3 is 0 Å². The maximum atomic E-state index is 13.5. The van der Waals surface area contributed by atoms with Crippen molar-refractivity contribution in [3.8, 4) is 5.75 Å². The molecule has 3 rings (SSSR count). The van der Waals surface area contributed by atoms with Gasteiger partial charge in [0.2, 0.25) is 5.91 Å². The molecule has 0 bridgehead atoms. The Morgan fingerprint density at radius 2 is 1.70 bits per heavy atom. The van der Waals surface area contributed by atoms with Crippen LogP contribution in [0.4, 0.5) is 0 Å². The second-order valence-corrected chi connectivity index (χ2v) is 10.4. The molecule has 174 valence electrons. The highest BCUT2D eigenvalue weighted by Gasteiger charge is 2.34. The van der Waals surface area contributed by atoms with Gasteiger partial charge in [-0.2, -0.15) is 0 Å². The smallest absolute Gasteiger partial charge is 0.265 e. The first kappa shape index (κ1) is 24.5. The van der Waals surface area contributed by atoms with Gasteiger partial charge < -0.3 is 20.7 Å². The summed E-state index contributed by atoms with van der Waals surface area (Å²) in [6.45, 7) is 5.74. The van der Waals surface area contributed by atoms with Crippen molar-refractivity contribution in [2.24, 2.45) is 5.73 Å². The molecule has 0 saturated carbocycles. The monoisotopic (exact) mass is 485 g/mol. The molecule has 0 saturated heterocycles. The third-order valence-electron chi connectivity index (χ3n) is 4.53. The summed E-state index contributed by atoms with van der Waals surface area (Å²) in [4.78, 5) is 41.2. The van der Waals surface area contributed by atoms with Crippen LogP contribution in [-0.4, -0.2) is 34.8 Å². The third-order valence-corrected chi connectivity index (χ3v) is 6.25. The van der Waals surface area contributed by atoms with Crippen LogP contribution in [0.15, 0.2) is 59.3 Å². The highest BCUT2D eigenvalue weighted by molar-refractivity contribution is 7.12. The molecule has 9 heteroatoms.